The number of hydrogen-bond acceptors (Lipinski definition) is 4. The summed E-state index contributed by atoms with van der Waals surface area (Å²) in [5.74, 6) is -0.462. The number of amides is 1. The molecule has 0 saturated carbocycles. The van der Waals surface area contributed by atoms with Crippen LogP contribution in [-0.4, -0.2) is 37.8 Å². The monoisotopic (exact) mass is 337 g/mol. The van der Waals surface area contributed by atoms with Crippen LogP contribution < -0.4 is 4.18 Å². The summed E-state index contributed by atoms with van der Waals surface area (Å²) in [6, 6.07) is 3.99. The zero-order valence-electron chi connectivity index (χ0n) is 11.7. The summed E-state index contributed by atoms with van der Waals surface area (Å²) in [7, 11) is -5.68. The lowest BCUT2D eigenvalue weighted by atomic mass is 10.0. The Balaban J connectivity index is 2.22. The fourth-order valence-corrected chi connectivity index (χ4v) is 2.69. The number of benzene rings is 1. The Labute approximate surface area is 125 Å². The topological polar surface area (TPSA) is 63.7 Å². The summed E-state index contributed by atoms with van der Waals surface area (Å²) in [5.41, 5.74) is -3.93. The maximum Gasteiger partial charge on any atom is 0.534 e. The summed E-state index contributed by atoms with van der Waals surface area (Å²) in [6.45, 7) is 2.39. The van der Waals surface area contributed by atoms with Crippen molar-refractivity contribution in [2.24, 2.45) is 0 Å². The molecular weight excluding hydrogens is 323 g/mol. The predicted molar refractivity (Wildman–Crippen MR) is 71.7 cm³/mol. The van der Waals surface area contributed by atoms with Gasteiger partial charge >= 0.3 is 15.6 Å². The first-order valence-corrected chi connectivity index (χ1v) is 7.89. The molecular formula is C13H14F3NO4S. The molecule has 1 aliphatic heterocycles. The number of nitrogens with zero attached hydrogens (tertiary/aromatic N) is 1. The smallest absolute Gasteiger partial charge is 0.376 e. The van der Waals surface area contributed by atoms with Crippen LogP contribution in [0.25, 0.3) is 0 Å². The minimum atomic E-state index is -5.68. The molecule has 22 heavy (non-hydrogen) atoms. The second kappa shape index (κ2) is 5.79. The molecule has 1 aromatic carbocycles. The van der Waals surface area contributed by atoms with E-state index in [0.717, 1.165) is 5.56 Å². The number of fused-ring (bicyclic) bond motifs is 1. The number of hydrogen-bond donors (Lipinski definition) is 0. The number of carbonyl (C=O) groups is 1. The average Bonchev–Trinajstić information content (AvgIpc) is 2.58. The molecule has 1 aliphatic rings. The van der Waals surface area contributed by atoms with Crippen molar-refractivity contribution in [2.45, 2.75) is 25.3 Å². The van der Waals surface area contributed by atoms with E-state index in [4.69, 9.17) is 0 Å². The van der Waals surface area contributed by atoms with E-state index in [1.807, 2.05) is 0 Å². The lowest BCUT2D eigenvalue weighted by Crippen LogP contribution is -2.30. The molecule has 9 heteroatoms. The highest BCUT2D eigenvalue weighted by Crippen LogP contribution is 2.29. The third-order valence-corrected chi connectivity index (χ3v) is 4.39. The Hall–Kier alpha value is -1.77. The van der Waals surface area contributed by atoms with Gasteiger partial charge in [0.05, 0.1) is 0 Å². The van der Waals surface area contributed by atoms with Crippen molar-refractivity contribution < 1.29 is 30.6 Å². The second-order valence-corrected chi connectivity index (χ2v) is 6.46. The quantitative estimate of drug-likeness (QED) is 0.610. The molecule has 0 bridgehead atoms. The third kappa shape index (κ3) is 3.52. The highest BCUT2D eigenvalue weighted by atomic mass is 32.2. The Morgan fingerprint density at radius 2 is 1.77 bits per heavy atom. The highest BCUT2D eigenvalue weighted by molar-refractivity contribution is 7.88. The van der Waals surface area contributed by atoms with Gasteiger partial charge in [-0.3, -0.25) is 4.79 Å². The first-order chi connectivity index (χ1) is 10.1. The summed E-state index contributed by atoms with van der Waals surface area (Å²) in [5, 5.41) is 0. The third-order valence-electron chi connectivity index (χ3n) is 3.41. The van der Waals surface area contributed by atoms with Crippen molar-refractivity contribution >= 4 is 16.0 Å². The molecule has 122 valence electrons. The number of carbonyl (C=O) groups excluding carboxylic acids is 1. The zero-order valence-corrected chi connectivity index (χ0v) is 12.5. The van der Waals surface area contributed by atoms with Crippen molar-refractivity contribution in [3.05, 3.63) is 29.3 Å². The van der Waals surface area contributed by atoms with Crippen molar-refractivity contribution in [1.82, 2.24) is 4.90 Å². The average molecular weight is 337 g/mol. The lowest BCUT2D eigenvalue weighted by Gasteiger charge is -2.17. The molecule has 5 nitrogen and oxygen atoms in total. The predicted octanol–water partition coefficient (Wildman–Crippen LogP) is 1.86. The van der Waals surface area contributed by atoms with E-state index >= 15 is 0 Å². The molecule has 0 atom stereocenters. The van der Waals surface area contributed by atoms with E-state index in [1.165, 1.54) is 25.1 Å². The lowest BCUT2D eigenvalue weighted by molar-refractivity contribution is -0.128. The normalized spacial score (nSPS) is 15.9. The number of rotatable bonds is 2. The second-order valence-electron chi connectivity index (χ2n) is 4.92. The van der Waals surface area contributed by atoms with E-state index in [9.17, 15) is 26.4 Å². The van der Waals surface area contributed by atoms with Crippen LogP contribution in [0.2, 0.25) is 0 Å². The van der Waals surface area contributed by atoms with Crippen LogP contribution >= 0.6 is 0 Å². The summed E-state index contributed by atoms with van der Waals surface area (Å²) < 4.78 is 63.0. The molecule has 0 aromatic heterocycles. The molecule has 0 radical (unpaired) electrons. The van der Waals surface area contributed by atoms with Gasteiger partial charge in [0.25, 0.3) is 0 Å². The van der Waals surface area contributed by atoms with E-state index in [1.54, 1.807) is 4.90 Å². The van der Waals surface area contributed by atoms with E-state index in [2.05, 4.69) is 4.18 Å². The van der Waals surface area contributed by atoms with E-state index < -0.39 is 15.6 Å². The molecule has 1 amide bonds. The van der Waals surface area contributed by atoms with Crippen molar-refractivity contribution in [3.63, 3.8) is 0 Å². The molecule has 0 fully saturated rings. The largest absolute Gasteiger partial charge is 0.534 e. The van der Waals surface area contributed by atoms with Gasteiger partial charge in [0, 0.05) is 20.0 Å². The van der Waals surface area contributed by atoms with Gasteiger partial charge in [-0.05, 0) is 36.1 Å². The van der Waals surface area contributed by atoms with Gasteiger partial charge < -0.3 is 9.08 Å². The molecule has 0 N–H and O–H groups in total. The standard InChI is InChI=1S/C13H14F3NO4S/c1-9(18)17-6-4-10-2-3-12(8-11(10)5-7-17)21-22(19,20)13(14,15)16/h2-3,8H,4-7H2,1H3. The minimum absolute atomic E-state index is 0.0797. The first-order valence-electron chi connectivity index (χ1n) is 6.48. The van der Waals surface area contributed by atoms with Crippen LogP contribution in [-0.2, 0) is 27.8 Å². The van der Waals surface area contributed by atoms with Crippen LogP contribution in [0.1, 0.15) is 18.1 Å². The Kier molecular flexibility index (Phi) is 4.37. The maximum atomic E-state index is 12.3. The Morgan fingerprint density at radius 1 is 1.18 bits per heavy atom. The molecule has 1 heterocycles. The first kappa shape index (κ1) is 16.6. The van der Waals surface area contributed by atoms with Crippen LogP contribution in [0.15, 0.2) is 18.2 Å². The molecule has 0 saturated heterocycles. The summed E-state index contributed by atoms with van der Waals surface area (Å²) in [6.07, 6.45) is 0.986. The van der Waals surface area contributed by atoms with Crippen LogP contribution in [0, 0.1) is 0 Å². The van der Waals surface area contributed by atoms with E-state index in [0.29, 0.717) is 31.5 Å². The summed E-state index contributed by atoms with van der Waals surface area (Å²) >= 11 is 0. The van der Waals surface area contributed by atoms with Crippen LogP contribution in [0.5, 0.6) is 5.75 Å². The minimum Gasteiger partial charge on any atom is -0.376 e. The number of alkyl halides is 3. The van der Waals surface area contributed by atoms with Gasteiger partial charge in [-0.2, -0.15) is 21.6 Å². The fraction of sp³-hybridized carbons (Fsp3) is 0.462. The Bertz CT molecular complexity index is 685. The molecule has 0 unspecified atom stereocenters. The van der Waals surface area contributed by atoms with Gasteiger partial charge in [-0.15, -0.1) is 0 Å². The molecule has 0 spiro atoms. The maximum absolute atomic E-state index is 12.3. The SMILES string of the molecule is CC(=O)N1CCc2ccc(OS(=O)(=O)C(F)(F)F)cc2CC1. The molecule has 2 rings (SSSR count). The van der Waals surface area contributed by atoms with Crippen LogP contribution in [0.4, 0.5) is 13.2 Å². The van der Waals surface area contributed by atoms with Gasteiger partial charge in [0.15, 0.2) is 0 Å². The molecule has 0 aliphatic carbocycles. The van der Waals surface area contributed by atoms with Gasteiger partial charge in [0.1, 0.15) is 5.75 Å². The highest BCUT2D eigenvalue weighted by Gasteiger charge is 2.48. The fourth-order valence-electron chi connectivity index (χ4n) is 2.24. The van der Waals surface area contributed by atoms with Gasteiger partial charge in [-0.1, -0.05) is 6.07 Å². The van der Waals surface area contributed by atoms with Crippen molar-refractivity contribution in [2.75, 3.05) is 13.1 Å². The Morgan fingerprint density at radius 3 is 2.32 bits per heavy atom. The summed E-state index contributed by atoms with van der Waals surface area (Å²) in [4.78, 5) is 13.0. The van der Waals surface area contributed by atoms with Crippen molar-refractivity contribution in [3.8, 4) is 5.75 Å². The van der Waals surface area contributed by atoms with Gasteiger partial charge in [-0.25, -0.2) is 0 Å². The van der Waals surface area contributed by atoms with E-state index in [-0.39, 0.29) is 11.7 Å². The zero-order chi connectivity index (χ0) is 16.5. The van der Waals surface area contributed by atoms with Crippen LogP contribution in [0.3, 0.4) is 0 Å². The van der Waals surface area contributed by atoms with Gasteiger partial charge in [0.2, 0.25) is 5.91 Å². The van der Waals surface area contributed by atoms with Crippen molar-refractivity contribution in [1.29, 1.82) is 0 Å². The molecule has 1 aromatic rings. The number of halogens is 3.